The van der Waals surface area contributed by atoms with E-state index in [0.717, 1.165) is 42.0 Å². The second kappa shape index (κ2) is 7.81. The Bertz CT molecular complexity index is 764. The van der Waals surface area contributed by atoms with E-state index in [1.54, 1.807) is 6.92 Å². The molecule has 1 fully saturated rings. The zero-order valence-corrected chi connectivity index (χ0v) is 14.6. The van der Waals surface area contributed by atoms with Crippen LogP contribution in [0.25, 0.3) is 0 Å². The number of hydrogen-bond donors (Lipinski definition) is 1. The fourth-order valence-corrected chi connectivity index (χ4v) is 3.26. The molecule has 1 aliphatic rings. The lowest BCUT2D eigenvalue weighted by Gasteiger charge is -2.18. The Balaban J connectivity index is 2.18. The molecule has 0 unspecified atom stereocenters. The van der Waals surface area contributed by atoms with Gasteiger partial charge in [0.2, 0.25) is 11.8 Å². The number of carbonyl (C=O) groups excluding carboxylic acids is 3. The van der Waals surface area contributed by atoms with Gasteiger partial charge in [-0.2, -0.15) is 13.2 Å². The minimum absolute atomic E-state index is 0.202. The molecule has 26 heavy (non-hydrogen) atoms. The topological polar surface area (TPSA) is 75.7 Å². The first-order valence-electron chi connectivity index (χ1n) is 7.37. The maximum Gasteiger partial charge on any atom is 0.418 e. The molecule has 1 aromatic carbocycles. The molecule has 6 nitrogen and oxygen atoms in total. The number of thioether (sulfide) groups is 1. The summed E-state index contributed by atoms with van der Waals surface area (Å²) in [5.74, 6) is -1.95. The lowest BCUT2D eigenvalue weighted by molar-refractivity contribution is -0.137. The van der Waals surface area contributed by atoms with Gasteiger partial charge in [0.25, 0.3) is 0 Å². The molecule has 0 aromatic heterocycles. The van der Waals surface area contributed by atoms with Crippen molar-refractivity contribution in [3.8, 4) is 0 Å². The highest BCUT2D eigenvalue weighted by molar-refractivity contribution is 8.04. The Kier molecular flexibility index (Phi) is 5.96. The van der Waals surface area contributed by atoms with Crippen molar-refractivity contribution in [1.82, 2.24) is 4.90 Å². The molecule has 1 aliphatic heterocycles. The number of rotatable bonds is 4. The van der Waals surface area contributed by atoms with E-state index in [-0.39, 0.29) is 5.03 Å². The first-order chi connectivity index (χ1) is 12.1. The van der Waals surface area contributed by atoms with Crippen molar-refractivity contribution in [2.45, 2.75) is 18.3 Å². The molecule has 1 aromatic rings. The molecule has 10 heteroatoms. The van der Waals surface area contributed by atoms with E-state index in [4.69, 9.17) is 0 Å². The van der Waals surface area contributed by atoms with Crippen molar-refractivity contribution in [2.75, 3.05) is 19.0 Å². The second-order valence-electron chi connectivity index (χ2n) is 5.28. The summed E-state index contributed by atoms with van der Waals surface area (Å²) in [7, 11) is 1.16. The average molecular weight is 388 g/mol. The summed E-state index contributed by atoms with van der Waals surface area (Å²) in [5, 5.41) is 1.84. The van der Waals surface area contributed by atoms with Crippen LogP contribution in [0.4, 0.5) is 18.9 Å². The summed E-state index contributed by atoms with van der Waals surface area (Å²) >= 11 is 1.06. The number of anilines is 1. The molecule has 0 saturated carbocycles. The van der Waals surface area contributed by atoms with Gasteiger partial charge in [-0.3, -0.25) is 14.5 Å². The number of benzene rings is 1. The van der Waals surface area contributed by atoms with Crippen LogP contribution in [0.1, 0.15) is 12.5 Å². The summed E-state index contributed by atoms with van der Waals surface area (Å²) in [5.41, 5.74) is -1.40. The zero-order chi connectivity index (χ0) is 19.5. The quantitative estimate of drug-likeness (QED) is 0.634. The van der Waals surface area contributed by atoms with Gasteiger partial charge in [-0.1, -0.05) is 23.9 Å². The van der Waals surface area contributed by atoms with E-state index in [0.29, 0.717) is 0 Å². The molecule has 0 spiro atoms. The molecule has 1 atom stereocenters. The molecule has 1 saturated heterocycles. The summed E-state index contributed by atoms with van der Waals surface area (Å²) in [6, 6.07) is 4.52. The Hall–Kier alpha value is -2.49. The maximum absolute atomic E-state index is 13.0. The minimum Gasteiger partial charge on any atom is -0.466 e. The third kappa shape index (κ3) is 4.57. The molecule has 1 heterocycles. The molecule has 0 radical (unpaired) electrons. The van der Waals surface area contributed by atoms with Gasteiger partial charge in [0.15, 0.2) is 0 Å². The molecule has 0 aliphatic carbocycles. The fraction of sp³-hybridized carbons (Fsp3) is 0.312. The largest absolute Gasteiger partial charge is 0.466 e. The molecular weight excluding hydrogens is 373 g/mol. The number of ether oxygens (including phenoxy) is 1. The van der Waals surface area contributed by atoms with Crippen LogP contribution in [0.5, 0.6) is 0 Å². The Morgan fingerprint density at radius 2 is 2.00 bits per heavy atom. The van der Waals surface area contributed by atoms with Crippen molar-refractivity contribution in [3.05, 3.63) is 40.9 Å². The highest BCUT2D eigenvalue weighted by Crippen LogP contribution is 2.36. The minimum atomic E-state index is -4.63. The monoisotopic (exact) mass is 388 g/mol. The fourth-order valence-electron chi connectivity index (χ4n) is 2.22. The average Bonchev–Trinajstić information content (AvgIpc) is 2.81. The summed E-state index contributed by atoms with van der Waals surface area (Å²) in [4.78, 5) is 36.8. The number of halogens is 3. The van der Waals surface area contributed by atoms with Crippen LogP contribution < -0.4 is 5.32 Å². The van der Waals surface area contributed by atoms with Gasteiger partial charge in [-0.25, -0.2) is 4.79 Å². The summed E-state index contributed by atoms with van der Waals surface area (Å²) in [6.07, 6.45) is -3.57. The number of para-hydroxylation sites is 1. The number of amides is 2. The molecule has 140 valence electrons. The van der Waals surface area contributed by atoms with Crippen molar-refractivity contribution >= 4 is 35.2 Å². The van der Waals surface area contributed by atoms with E-state index in [2.05, 4.69) is 10.1 Å². The lowest BCUT2D eigenvalue weighted by atomic mass is 10.1. The van der Waals surface area contributed by atoms with Crippen molar-refractivity contribution < 1.29 is 32.3 Å². The molecular formula is C16H15F3N2O4S. The van der Waals surface area contributed by atoms with Gasteiger partial charge in [-0.05, 0) is 19.1 Å². The highest BCUT2D eigenvalue weighted by atomic mass is 32.2. The normalized spacial score (nSPS) is 19.0. The third-order valence-electron chi connectivity index (χ3n) is 3.43. The Labute approximate surface area is 151 Å². The number of alkyl halides is 3. The van der Waals surface area contributed by atoms with Crippen molar-refractivity contribution in [2.24, 2.45) is 0 Å². The van der Waals surface area contributed by atoms with Crippen LogP contribution in [-0.2, 0) is 25.3 Å². The second-order valence-corrected chi connectivity index (χ2v) is 6.64. The van der Waals surface area contributed by atoms with E-state index >= 15 is 0 Å². The third-order valence-corrected chi connectivity index (χ3v) is 4.56. The number of carbonyl (C=O) groups is 3. The SMILES string of the molecule is COC(=O)/C=C1\S[C@@H](C)C(=O)N1CC(=O)Nc1ccccc1C(F)(F)F. The van der Waals surface area contributed by atoms with Crippen molar-refractivity contribution in [3.63, 3.8) is 0 Å². The zero-order valence-electron chi connectivity index (χ0n) is 13.8. The summed E-state index contributed by atoms with van der Waals surface area (Å²) < 4.78 is 43.4. The standard InChI is InChI=1S/C16H15F3N2O4S/c1-9-15(24)21(13(26-9)7-14(23)25-2)8-12(22)20-11-6-4-3-5-10(11)16(17,18)19/h3-7,9H,8H2,1-2H3,(H,20,22)/b13-7-/t9-/m0/s1. The van der Waals surface area contributed by atoms with Crippen LogP contribution in [0, 0.1) is 0 Å². The van der Waals surface area contributed by atoms with Gasteiger partial charge in [0, 0.05) is 0 Å². The number of esters is 1. The van der Waals surface area contributed by atoms with E-state index in [9.17, 15) is 27.6 Å². The van der Waals surface area contributed by atoms with E-state index in [1.807, 2.05) is 0 Å². The van der Waals surface area contributed by atoms with Crippen LogP contribution in [0.3, 0.4) is 0 Å². The van der Waals surface area contributed by atoms with Crippen LogP contribution in [-0.4, -0.2) is 41.6 Å². The van der Waals surface area contributed by atoms with Crippen LogP contribution in [0.15, 0.2) is 35.4 Å². The molecule has 2 amide bonds. The number of nitrogens with zero attached hydrogens (tertiary/aromatic N) is 1. The van der Waals surface area contributed by atoms with Crippen molar-refractivity contribution in [1.29, 1.82) is 0 Å². The number of methoxy groups -OCH3 is 1. The molecule has 1 N–H and O–H groups in total. The van der Waals surface area contributed by atoms with E-state index in [1.165, 1.54) is 12.1 Å². The summed E-state index contributed by atoms with van der Waals surface area (Å²) in [6.45, 7) is 1.07. The predicted octanol–water partition coefficient (Wildman–Crippen LogP) is 2.62. The first-order valence-corrected chi connectivity index (χ1v) is 8.25. The molecule has 2 rings (SSSR count). The smallest absolute Gasteiger partial charge is 0.418 e. The first kappa shape index (κ1) is 19.8. The number of nitrogens with one attached hydrogen (secondary N) is 1. The maximum atomic E-state index is 13.0. The Morgan fingerprint density at radius 1 is 1.35 bits per heavy atom. The van der Waals surface area contributed by atoms with Gasteiger partial charge >= 0.3 is 12.1 Å². The lowest BCUT2D eigenvalue weighted by Crippen LogP contribution is -2.35. The number of hydrogen-bond acceptors (Lipinski definition) is 5. The van der Waals surface area contributed by atoms with Gasteiger partial charge in [0.05, 0.1) is 34.7 Å². The van der Waals surface area contributed by atoms with Gasteiger partial charge < -0.3 is 10.1 Å². The Morgan fingerprint density at radius 3 is 2.62 bits per heavy atom. The van der Waals surface area contributed by atoms with Crippen LogP contribution in [0.2, 0.25) is 0 Å². The van der Waals surface area contributed by atoms with Gasteiger partial charge in [-0.15, -0.1) is 0 Å². The highest BCUT2D eigenvalue weighted by Gasteiger charge is 2.36. The van der Waals surface area contributed by atoms with Crippen LogP contribution >= 0.6 is 11.8 Å². The van der Waals surface area contributed by atoms with E-state index < -0.39 is 47.0 Å². The molecule has 0 bridgehead atoms. The van der Waals surface area contributed by atoms with Gasteiger partial charge in [0.1, 0.15) is 6.54 Å². The predicted molar refractivity (Wildman–Crippen MR) is 88.9 cm³/mol.